The third-order valence-electron chi connectivity index (χ3n) is 1.84. The van der Waals surface area contributed by atoms with Gasteiger partial charge in [0.2, 0.25) is 0 Å². The molecule has 1 unspecified atom stereocenters. The summed E-state index contributed by atoms with van der Waals surface area (Å²) in [5.41, 5.74) is 0.123. The van der Waals surface area contributed by atoms with Crippen molar-refractivity contribution in [2.24, 2.45) is 5.92 Å². The zero-order valence-electron chi connectivity index (χ0n) is 14.7. The van der Waals surface area contributed by atoms with Gasteiger partial charge in [0.1, 0.15) is 0 Å². The van der Waals surface area contributed by atoms with Crippen molar-refractivity contribution in [3.8, 4) is 0 Å². The van der Waals surface area contributed by atoms with Gasteiger partial charge < -0.3 is 5.11 Å². The third kappa shape index (κ3) is 3.39. The van der Waals surface area contributed by atoms with Crippen LogP contribution in [-0.2, 0) is 11.2 Å². The lowest BCUT2D eigenvalue weighted by Gasteiger charge is -2.09. The smallest absolute Gasteiger partial charge is 0.310 e. The average Bonchev–Trinajstić information content (AvgIpc) is 2.36. The first kappa shape index (κ1) is 5.69. The molecule has 0 fully saturated rings. The summed E-state index contributed by atoms with van der Waals surface area (Å²) >= 11 is 0. The lowest BCUT2D eigenvalue weighted by molar-refractivity contribution is -0.138. The van der Waals surface area contributed by atoms with E-state index in [2.05, 4.69) is 0 Å². The van der Waals surface area contributed by atoms with Gasteiger partial charge in [0.15, 0.2) is 0 Å². The molecule has 0 heterocycles. The molecule has 0 radical (unpaired) electrons. The van der Waals surface area contributed by atoms with Gasteiger partial charge in [0.25, 0.3) is 0 Å². The number of hydrogen-bond donors (Lipinski definition) is 1. The summed E-state index contributed by atoms with van der Waals surface area (Å²) < 4.78 is 45.6. The van der Waals surface area contributed by atoms with E-state index < -0.39 is 25.1 Å². The standard InChI is InChI=1S/C13H18O2/c1-9(2)8-11-4-6-12(7-5-11)10(3)13(14)15/h4-7,9-10H,8H2,1-3H3,(H,14,15)/i3D3,8D2,10D. The molecule has 2 nitrogen and oxygen atoms in total. The second kappa shape index (κ2) is 4.96. The molecule has 0 bridgehead atoms. The number of benzene rings is 1. The Labute approximate surface area is 99.4 Å². The first-order chi connectivity index (χ1) is 9.35. The normalized spacial score (nSPS) is 22.6. The van der Waals surface area contributed by atoms with Crippen molar-refractivity contribution < 1.29 is 18.1 Å². The first-order valence-corrected chi connectivity index (χ1v) is 4.69. The molecule has 1 atom stereocenters. The van der Waals surface area contributed by atoms with Crippen molar-refractivity contribution in [3.05, 3.63) is 35.4 Å². The number of rotatable bonds is 4. The van der Waals surface area contributed by atoms with E-state index in [1.54, 1.807) is 13.8 Å². The van der Waals surface area contributed by atoms with Crippen molar-refractivity contribution in [3.63, 3.8) is 0 Å². The average molecular weight is 212 g/mol. The van der Waals surface area contributed by atoms with Gasteiger partial charge >= 0.3 is 5.97 Å². The minimum atomic E-state index is -3.03. The van der Waals surface area contributed by atoms with Gasteiger partial charge in [-0.05, 0) is 30.3 Å². The topological polar surface area (TPSA) is 37.3 Å². The molecular formula is C13H18O2. The van der Waals surface area contributed by atoms with Gasteiger partial charge in [-0.15, -0.1) is 0 Å². The Morgan fingerprint density at radius 3 is 2.53 bits per heavy atom. The molecule has 0 aliphatic carbocycles. The Bertz CT molecular complexity index is 520. The third-order valence-corrected chi connectivity index (χ3v) is 1.84. The monoisotopic (exact) mass is 212 g/mol. The number of aliphatic carboxylic acids is 1. The van der Waals surface area contributed by atoms with Gasteiger partial charge in [0.05, 0.1) is 5.89 Å². The van der Waals surface area contributed by atoms with Crippen LogP contribution in [0.25, 0.3) is 0 Å². The van der Waals surface area contributed by atoms with Crippen LogP contribution >= 0.6 is 0 Å². The maximum atomic E-state index is 11.2. The maximum absolute atomic E-state index is 11.2. The largest absolute Gasteiger partial charge is 0.481 e. The summed E-state index contributed by atoms with van der Waals surface area (Å²) in [6.07, 6.45) is -1.62. The van der Waals surface area contributed by atoms with Crippen molar-refractivity contribution >= 4 is 5.97 Å². The van der Waals surface area contributed by atoms with Crippen LogP contribution in [0, 0.1) is 5.92 Å². The van der Waals surface area contributed by atoms with Crippen LogP contribution in [0.2, 0.25) is 0 Å². The highest BCUT2D eigenvalue weighted by Crippen LogP contribution is 2.17. The van der Waals surface area contributed by atoms with Gasteiger partial charge in [-0.1, -0.05) is 38.1 Å². The highest BCUT2D eigenvalue weighted by Gasteiger charge is 2.12. The van der Waals surface area contributed by atoms with E-state index in [1.165, 1.54) is 24.3 Å². The summed E-state index contributed by atoms with van der Waals surface area (Å²) in [6.45, 7) is 0.391. The van der Waals surface area contributed by atoms with Gasteiger partial charge in [-0.3, -0.25) is 4.79 Å². The molecule has 1 aromatic carbocycles. The Hall–Kier alpha value is -1.31. The molecule has 0 amide bonds. The molecular weight excluding hydrogens is 188 g/mol. The Kier molecular flexibility index (Phi) is 1.88. The Morgan fingerprint density at radius 2 is 2.13 bits per heavy atom. The molecule has 1 N–H and O–H groups in total. The predicted molar refractivity (Wildman–Crippen MR) is 61.0 cm³/mol. The van der Waals surface area contributed by atoms with Gasteiger partial charge in [-0.25, -0.2) is 0 Å². The molecule has 15 heavy (non-hydrogen) atoms. The van der Waals surface area contributed by atoms with Crippen LogP contribution in [0.4, 0.5) is 0 Å². The number of carbonyl (C=O) groups is 1. The second-order valence-electron chi connectivity index (χ2n) is 3.56. The summed E-state index contributed by atoms with van der Waals surface area (Å²) in [7, 11) is 0. The number of carboxylic acids is 1. The Morgan fingerprint density at radius 1 is 1.53 bits per heavy atom. The minimum Gasteiger partial charge on any atom is -0.481 e. The minimum absolute atomic E-state index is 0.196. The molecule has 0 aliphatic heterocycles. The molecule has 0 spiro atoms. The Balaban J connectivity index is 3.32. The van der Waals surface area contributed by atoms with Crippen LogP contribution in [-0.4, -0.2) is 11.1 Å². The van der Waals surface area contributed by atoms with E-state index in [4.69, 9.17) is 13.3 Å². The van der Waals surface area contributed by atoms with E-state index in [1.807, 2.05) is 0 Å². The SMILES string of the molecule is [2H]C([2H])(c1ccc(C([2H])(C(=O)O)C([2H])([2H])[2H])cc1)C(C)C. The maximum Gasteiger partial charge on any atom is 0.310 e. The molecule has 2 heteroatoms. The summed E-state index contributed by atoms with van der Waals surface area (Å²) in [6, 6.07) is 5.08. The lowest BCUT2D eigenvalue weighted by atomic mass is 9.97. The highest BCUT2D eigenvalue weighted by molar-refractivity contribution is 5.75. The lowest BCUT2D eigenvalue weighted by Crippen LogP contribution is -2.07. The van der Waals surface area contributed by atoms with E-state index in [0.717, 1.165) is 0 Å². The second-order valence-corrected chi connectivity index (χ2v) is 3.56. The molecule has 82 valence electrons. The molecule has 1 aromatic rings. The number of carboxylic acid groups (broad SMARTS) is 1. The van der Waals surface area contributed by atoms with E-state index in [9.17, 15) is 4.79 Å². The molecule has 1 rings (SSSR count). The fourth-order valence-corrected chi connectivity index (χ4v) is 1.19. The predicted octanol–water partition coefficient (Wildman–Crippen LogP) is 3.07. The van der Waals surface area contributed by atoms with E-state index in [-0.39, 0.29) is 11.5 Å². The summed E-state index contributed by atoms with van der Waals surface area (Å²) in [5.74, 6) is -4.83. The van der Waals surface area contributed by atoms with E-state index in [0.29, 0.717) is 5.56 Å². The fourth-order valence-electron chi connectivity index (χ4n) is 1.19. The molecule has 0 saturated heterocycles. The zero-order valence-corrected chi connectivity index (χ0v) is 8.74. The van der Waals surface area contributed by atoms with Crippen LogP contribution in [0.3, 0.4) is 0 Å². The fraction of sp³-hybridized carbons (Fsp3) is 0.462. The molecule has 0 aliphatic rings. The van der Waals surface area contributed by atoms with Crippen LogP contribution in [0.15, 0.2) is 24.3 Å². The number of hydrogen-bond acceptors (Lipinski definition) is 1. The van der Waals surface area contributed by atoms with Crippen molar-refractivity contribution in [1.82, 2.24) is 0 Å². The van der Waals surface area contributed by atoms with Crippen molar-refractivity contribution in [2.45, 2.75) is 33.0 Å². The van der Waals surface area contributed by atoms with Crippen LogP contribution in [0.5, 0.6) is 0 Å². The van der Waals surface area contributed by atoms with Gasteiger partial charge in [-0.2, -0.15) is 0 Å². The quantitative estimate of drug-likeness (QED) is 0.832. The molecule has 0 saturated carbocycles. The van der Waals surface area contributed by atoms with Gasteiger partial charge in [0, 0.05) is 8.22 Å². The first-order valence-electron chi connectivity index (χ1n) is 7.69. The van der Waals surface area contributed by atoms with E-state index >= 15 is 0 Å². The van der Waals surface area contributed by atoms with Crippen LogP contribution < -0.4 is 0 Å². The van der Waals surface area contributed by atoms with Crippen molar-refractivity contribution in [2.75, 3.05) is 0 Å². The summed E-state index contributed by atoms with van der Waals surface area (Å²) in [5, 5.41) is 9.12. The van der Waals surface area contributed by atoms with Crippen molar-refractivity contribution in [1.29, 1.82) is 0 Å². The summed E-state index contributed by atoms with van der Waals surface area (Å²) in [4.78, 5) is 11.2. The highest BCUT2D eigenvalue weighted by atomic mass is 16.4. The van der Waals surface area contributed by atoms with Crippen LogP contribution in [0.1, 0.15) is 45.9 Å². The molecule has 0 aromatic heterocycles. The zero-order chi connectivity index (χ0) is 16.6.